The van der Waals surface area contributed by atoms with E-state index in [1.54, 1.807) is 6.26 Å². The number of nitrogens with two attached hydrogens (primary N) is 1. The van der Waals surface area contributed by atoms with Crippen LogP contribution in [0.15, 0.2) is 28.9 Å². The molecule has 1 aliphatic rings. The zero-order chi connectivity index (χ0) is 9.80. The lowest BCUT2D eigenvalue weighted by molar-refractivity contribution is 0.288. The van der Waals surface area contributed by atoms with Crippen LogP contribution in [0.4, 0.5) is 0 Å². The van der Waals surface area contributed by atoms with Gasteiger partial charge in [-0.15, -0.1) is 0 Å². The van der Waals surface area contributed by atoms with Crippen molar-refractivity contribution in [1.82, 2.24) is 4.90 Å². The lowest BCUT2D eigenvalue weighted by Crippen LogP contribution is -2.26. The zero-order valence-electron chi connectivity index (χ0n) is 8.28. The molecule has 2 N–H and O–H groups in total. The largest absolute Gasteiger partial charge is 0.468 e. The van der Waals surface area contributed by atoms with Gasteiger partial charge in [0.25, 0.3) is 0 Å². The molecule has 0 spiro atoms. The van der Waals surface area contributed by atoms with E-state index in [1.807, 2.05) is 6.07 Å². The Morgan fingerprint density at radius 2 is 2.36 bits per heavy atom. The summed E-state index contributed by atoms with van der Waals surface area (Å²) in [7, 11) is 0. The maximum absolute atomic E-state index is 5.57. The van der Waals surface area contributed by atoms with Gasteiger partial charge in [-0.05, 0) is 12.5 Å². The predicted molar refractivity (Wildman–Crippen MR) is 55.6 cm³/mol. The van der Waals surface area contributed by atoms with Crippen molar-refractivity contribution < 1.29 is 4.42 Å². The van der Waals surface area contributed by atoms with E-state index in [-0.39, 0.29) is 0 Å². The van der Waals surface area contributed by atoms with Gasteiger partial charge in [-0.1, -0.05) is 12.2 Å². The Balaban J connectivity index is 1.99. The molecule has 0 radical (unpaired) electrons. The molecule has 0 unspecified atom stereocenters. The summed E-state index contributed by atoms with van der Waals surface area (Å²) < 4.78 is 5.29. The van der Waals surface area contributed by atoms with Gasteiger partial charge >= 0.3 is 0 Å². The van der Waals surface area contributed by atoms with E-state index in [0.29, 0.717) is 6.54 Å². The van der Waals surface area contributed by atoms with E-state index in [9.17, 15) is 0 Å². The molecule has 0 amide bonds. The van der Waals surface area contributed by atoms with Crippen molar-refractivity contribution in [2.75, 3.05) is 13.1 Å². The van der Waals surface area contributed by atoms with E-state index in [0.717, 1.165) is 31.8 Å². The van der Waals surface area contributed by atoms with Crippen LogP contribution < -0.4 is 5.73 Å². The van der Waals surface area contributed by atoms with Crippen molar-refractivity contribution >= 4 is 0 Å². The normalized spacial score (nSPS) is 17.5. The van der Waals surface area contributed by atoms with Crippen molar-refractivity contribution in [2.45, 2.75) is 19.5 Å². The van der Waals surface area contributed by atoms with Gasteiger partial charge in [0.1, 0.15) is 5.76 Å². The molecule has 0 saturated carbocycles. The molecule has 14 heavy (non-hydrogen) atoms. The summed E-state index contributed by atoms with van der Waals surface area (Å²) in [6.07, 6.45) is 7.31. The topological polar surface area (TPSA) is 42.4 Å². The molecule has 76 valence electrons. The molecule has 1 aromatic heterocycles. The summed E-state index contributed by atoms with van der Waals surface area (Å²) in [5.74, 6) is 0.916. The first-order chi connectivity index (χ1) is 6.90. The first kappa shape index (κ1) is 9.49. The second-order valence-corrected chi connectivity index (χ2v) is 3.57. The van der Waals surface area contributed by atoms with E-state index >= 15 is 0 Å². The molecule has 1 aliphatic heterocycles. The van der Waals surface area contributed by atoms with Crippen molar-refractivity contribution in [1.29, 1.82) is 0 Å². The molecule has 0 atom stereocenters. The minimum atomic E-state index is 0.492. The lowest BCUT2D eigenvalue weighted by atomic mass is 10.2. The fourth-order valence-electron chi connectivity index (χ4n) is 1.76. The van der Waals surface area contributed by atoms with Gasteiger partial charge in [0.2, 0.25) is 0 Å². The third kappa shape index (κ3) is 2.05. The Labute approximate surface area is 84.2 Å². The number of hydrogen-bond donors (Lipinski definition) is 1. The molecular formula is C11H16N2O. The average molecular weight is 192 g/mol. The fourth-order valence-corrected chi connectivity index (χ4v) is 1.76. The number of hydrogen-bond acceptors (Lipinski definition) is 3. The minimum absolute atomic E-state index is 0.492. The second kappa shape index (κ2) is 4.44. The van der Waals surface area contributed by atoms with Gasteiger partial charge in [-0.3, -0.25) is 4.90 Å². The molecule has 3 heteroatoms. The van der Waals surface area contributed by atoms with E-state index in [2.05, 4.69) is 17.1 Å². The van der Waals surface area contributed by atoms with Crippen LogP contribution in [0.2, 0.25) is 0 Å². The lowest BCUT2D eigenvalue weighted by Gasteiger charge is -2.22. The molecule has 0 bridgehead atoms. The minimum Gasteiger partial charge on any atom is -0.468 e. The Kier molecular flexibility index (Phi) is 3.01. The molecule has 0 aliphatic carbocycles. The zero-order valence-corrected chi connectivity index (χ0v) is 8.28. The first-order valence-corrected chi connectivity index (χ1v) is 5.03. The summed E-state index contributed by atoms with van der Waals surface area (Å²) in [5.41, 5.74) is 6.80. The third-order valence-electron chi connectivity index (χ3n) is 2.56. The molecular weight excluding hydrogens is 176 g/mol. The number of nitrogens with zero attached hydrogens (tertiary/aromatic N) is 1. The maximum atomic E-state index is 5.57. The van der Waals surface area contributed by atoms with Crippen LogP contribution >= 0.6 is 0 Å². The SMILES string of the molecule is NCc1occc1CN1CC=CCC1. The van der Waals surface area contributed by atoms with Crippen LogP contribution in [-0.2, 0) is 13.1 Å². The van der Waals surface area contributed by atoms with Crippen LogP contribution in [0.25, 0.3) is 0 Å². The summed E-state index contributed by atoms with van der Waals surface area (Å²) >= 11 is 0. The fraction of sp³-hybridized carbons (Fsp3) is 0.455. The van der Waals surface area contributed by atoms with Crippen LogP contribution in [0.3, 0.4) is 0 Å². The van der Waals surface area contributed by atoms with Gasteiger partial charge in [0.15, 0.2) is 0 Å². The van der Waals surface area contributed by atoms with Gasteiger partial charge in [0, 0.05) is 25.2 Å². The molecule has 0 fully saturated rings. The van der Waals surface area contributed by atoms with Crippen LogP contribution in [0, 0.1) is 0 Å². The van der Waals surface area contributed by atoms with Gasteiger partial charge < -0.3 is 10.2 Å². The number of rotatable bonds is 3. The highest BCUT2D eigenvalue weighted by Crippen LogP contribution is 2.14. The Morgan fingerprint density at radius 1 is 1.43 bits per heavy atom. The first-order valence-electron chi connectivity index (χ1n) is 5.03. The average Bonchev–Trinajstić information content (AvgIpc) is 2.67. The van der Waals surface area contributed by atoms with Gasteiger partial charge in [-0.25, -0.2) is 0 Å². The Bertz CT molecular complexity index is 317. The van der Waals surface area contributed by atoms with Crippen LogP contribution in [0.5, 0.6) is 0 Å². The molecule has 3 nitrogen and oxygen atoms in total. The summed E-state index contributed by atoms with van der Waals surface area (Å²) in [5, 5.41) is 0. The maximum Gasteiger partial charge on any atom is 0.121 e. The van der Waals surface area contributed by atoms with E-state index in [4.69, 9.17) is 10.2 Å². The molecule has 0 saturated heterocycles. The highest BCUT2D eigenvalue weighted by Gasteiger charge is 2.10. The standard InChI is InChI=1S/C11H16N2O/c12-8-11-10(4-7-14-11)9-13-5-2-1-3-6-13/h1-2,4,7H,3,5-6,8-9,12H2. The highest BCUT2D eigenvalue weighted by molar-refractivity contribution is 5.17. The monoisotopic (exact) mass is 192 g/mol. The van der Waals surface area contributed by atoms with Crippen LogP contribution in [-0.4, -0.2) is 18.0 Å². The van der Waals surface area contributed by atoms with Crippen molar-refractivity contribution in [3.05, 3.63) is 35.8 Å². The Morgan fingerprint density at radius 3 is 3.07 bits per heavy atom. The van der Waals surface area contributed by atoms with E-state index < -0.39 is 0 Å². The molecule has 0 aromatic carbocycles. The molecule has 2 rings (SSSR count). The molecule has 1 aromatic rings. The Hall–Kier alpha value is -1.06. The smallest absolute Gasteiger partial charge is 0.121 e. The number of furan rings is 1. The highest BCUT2D eigenvalue weighted by atomic mass is 16.3. The summed E-state index contributed by atoms with van der Waals surface area (Å²) in [4.78, 5) is 2.39. The summed E-state index contributed by atoms with van der Waals surface area (Å²) in [6.45, 7) is 3.61. The summed E-state index contributed by atoms with van der Waals surface area (Å²) in [6, 6.07) is 2.01. The van der Waals surface area contributed by atoms with Crippen molar-refractivity contribution in [3.63, 3.8) is 0 Å². The van der Waals surface area contributed by atoms with Gasteiger partial charge in [0.05, 0.1) is 12.8 Å². The van der Waals surface area contributed by atoms with Gasteiger partial charge in [-0.2, -0.15) is 0 Å². The quantitative estimate of drug-likeness (QED) is 0.738. The van der Waals surface area contributed by atoms with E-state index in [1.165, 1.54) is 5.56 Å². The van der Waals surface area contributed by atoms with Crippen molar-refractivity contribution in [3.8, 4) is 0 Å². The molecule has 2 heterocycles. The van der Waals surface area contributed by atoms with Crippen LogP contribution in [0.1, 0.15) is 17.7 Å². The second-order valence-electron chi connectivity index (χ2n) is 3.57. The van der Waals surface area contributed by atoms with Crippen molar-refractivity contribution in [2.24, 2.45) is 5.73 Å². The third-order valence-corrected chi connectivity index (χ3v) is 2.56. The predicted octanol–water partition coefficient (Wildman–Crippen LogP) is 1.50.